The molecule has 1 saturated carbocycles. The molecule has 0 bridgehead atoms. The highest BCUT2D eigenvalue weighted by molar-refractivity contribution is 7.92. The molecule has 2 amide bonds. The molecule has 0 spiro atoms. The van der Waals surface area contributed by atoms with E-state index in [2.05, 4.69) is 15.6 Å². The highest BCUT2D eigenvalue weighted by Crippen LogP contribution is 2.25. The number of carbonyl (C=O) groups excluding carboxylic acids is 2. The molecule has 24 heavy (non-hydrogen) atoms. The molecule has 0 aliphatic heterocycles. The van der Waals surface area contributed by atoms with E-state index < -0.39 is 9.84 Å². The molecule has 8 heteroatoms. The third kappa shape index (κ3) is 5.92. The smallest absolute Gasteiger partial charge is 0.227 e. The number of rotatable bonds is 8. The van der Waals surface area contributed by atoms with Gasteiger partial charge in [0, 0.05) is 25.6 Å². The number of nitrogens with zero attached hydrogens (tertiary/aromatic N) is 1. The fourth-order valence-corrected chi connectivity index (χ4v) is 4.55. The third-order valence-corrected chi connectivity index (χ3v) is 6.29. The monoisotopic (exact) mass is 353 g/mol. The average Bonchev–Trinajstić information content (AvgIpc) is 3.09. The molecule has 1 fully saturated rings. The molecular formula is C16H23N3O4S. The Bertz CT molecular complexity index is 655. The fourth-order valence-electron chi connectivity index (χ4n) is 2.69. The summed E-state index contributed by atoms with van der Waals surface area (Å²) in [5.41, 5.74) is 0. The van der Waals surface area contributed by atoms with Gasteiger partial charge >= 0.3 is 0 Å². The zero-order valence-electron chi connectivity index (χ0n) is 13.5. The first kappa shape index (κ1) is 18.4. The van der Waals surface area contributed by atoms with Crippen molar-refractivity contribution in [3.63, 3.8) is 0 Å². The van der Waals surface area contributed by atoms with Gasteiger partial charge in [-0.05, 0) is 25.0 Å². The van der Waals surface area contributed by atoms with E-state index in [9.17, 15) is 18.0 Å². The topological polar surface area (TPSA) is 105 Å². The van der Waals surface area contributed by atoms with E-state index in [1.807, 2.05) is 0 Å². The third-order valence-electron chi connectivity index (χ3n) is 4.03. The molecule has 1 aromatic rings. The van der Waals surface area contributed by atoms with Crippen LogP contribution in [0.2, 0.25) is 0 Å². The maximum absolute atomic E-state index is 12.1. The summed E-state index contributed by atoms with van der Waals surface area (Å²) < 4.78 is 24.1. The number of pyridine rings is 1. The SMILES string of the molecule is O=C(CCS(=O)(=O)C1CCCC1)NCCC(=O)Nc1ccccn1. The van der Waals surface area contributed by atoms with Crippen LogP contribution in [0.5, 0.6) is 0 Å². The van der Waals surface area contributed by atoms with Gasteiger partial charge < -0.3 is 10.6 Å². The summed E-state index contributed by atoms with van der Waals surface area (Å²) >= 11 is 0. The van der Waals surface area contributed by atoms with Gasteiger partial charge in [-0.2, -0.15) is 0 Å². The van der Waals surface area contributed by atoms with E-state index in [4.69, 9.17) is 0 Å². The standard InChI is InChI=1S/C16H23N3O4S/c20-15(9-12-24(22,23)13-5-1-2-6-13)18-11-8-16(21)19-14-7-3-4-10-17-14/h3-4,7,10,13H,1-2,5-6,8-9,11-12H2,(H,18,20)(H,17,19,21). The lowest BCUT2D eigenvalue weighted by molar-refractivity contribution is -0.120. The number of hydrogen-bond donors (Lipinski definition) is 2. The van der Waals surface area contributed by atoms with E-state index in [1.165, 1.54) is 0 Å². The van der Waals surface area contributed by atoms with Gasteiger partial charge in [-0.25, -0.2) is 13.4 Å². The first-order valence-corrected chi connectivity index (χ1v) is 9.88. The Balaban J connectivity index is 1.63. The van der Waals surface area contributed by atoms with Crippen LogP contribution in [0, 0.1) is 0 Å². The number of anilines is 1. The van der Waals surface area contributed by atoms with Gasteiger partial charge in [-0.1, -0.05) is 18.9 Å². The van der Waals surface area contributed by atoms with Crippen molar-refractivity contribution >= 4 is 27.5 Å². The first-order valence-electron chi connectivity index (χ1n) is 8.16. The highest BCUT2D eigenvalue weighted by atomic mass is 32.2. The second kappa shape index (κ2) is 8.77. The molecule has 0 saturated heterocycles. The van der Waals surface area contributed by atoms with Crippen molar-refractivity contribution < 1.29 is 18.0 Å². The summed E-state index contributed by atoms with van der Waals surface area (Å²) in [7, 11) is -3.19. The van der Waals surface area contributed by atoms with Crippen LogP contribution in [0.3, 0.4) is 0 Å². The lowest BCUT2D eigenvalue weighted by atomic mass is 10.3. The second-order valence-electron chi connectivity index (χ2n) is 5.89. The molecule has 0 aromatic carbocycles. The highest BCUT2D eigenvalue weighted by Gasteiger charge is 2.28. The number of carbonyl (C=O) groups is 2. The van der Waals surface area contributed by atoms with Gasteiger partial charge in [0.1, 0.15) is 5.82 Å². The molecule has 1 aromatic heterocycles. The largest absolute Gasteiger partial charge is 0.356 e. The number of aromatic nitrogens is 1. The van der Waals surface area contributed by atoms with Crippen molar-refractivity contribution in [3.05, 3.63) is 24.4 Å². The Morgan fingerprint density at radius 1 is 1.12 bits per heavy atom. The molecule has 2 N–H and O–H groups in total. The zero-order chi connectivity index (χ0) is 17.4. The minimum absolute atomic E-state index is 0.0549. The zero-order valence-corrected chi connectivity index (χ0v) is 14.3. The molecule has 0 unspecified atom stereocenters. The summed E-state index contributed by atoms with van der Waals surface area (Å²) in [5.74, 6) is -0.268. The Labute approximate surface area is 142 Å². The number of nitrogens with one attached hydrogen (secondary N) is 2. The molecule has 0 atom stereocenters. The van der Waals surface area contributed by atoms with E-state index in [0.717, 1.165) is 12.8 Å². The van der Waals surface area contributed by atoms with Gasteiger partial charge in [0.25, 0.3) is 0 Å². The fraction of sp³-hybridized carbons (Fsp3) is 0.562. The Morgan fingerprint density at radius 2 is 1.88 bits per heavy atom. The van der Waals surface area contributed by atoms with Gasteiger partial charge in [-0.15, -0.1) is 0 Å². The molecule has 1 heterocycles. The Morgan fingerprint density at radius 3 is 2.54 bits per heavy atom. The quantitative estimate of drug-likeness (QED) is 0.732. The van der Waals surface area contributed by atoms with Gasteiger partial charge in [-0.3, -0.25) is 9.59 Å². The van der Waals surface area contributed by atoms with Gasteiger partial charge in [0.15, 0.2) is 9.84 Å². The molecule has 132 valence electrons. The van der Waals surface area contributed by atoms with E-state index in [0.29, 0.717) is 18.7 Å². The van der Waals surface area contributed by atoms with Gasteiger partial charge in [0.05, 0.1) is 11.0 Å². The summed E-state index contributed by atoms with van der Waals surface area (Å²) in [6.45, 7) is 0.168. The van der Waals surface area contributed by atoms with Crippen LogP contribution in [0.25, 0.3) is 0 Å². The predicted octanol–water partition coefficient (Wildman–Crippen LogP) is 1.27. The van der Waals surface area contributed by atoms with Crippen LogP contribution in [-0.4, -0.2) is 42.8 Å². The first-order chi connectivity index (χ1) is 11.5. The number of hydrogen-bond acceptors (Lipinski definition) is 5. The molecular weight excluding hydrogens is 330 g/mol. The lowest BCUT2D eigenvalue weighted by Gasteiger charge is -2.11. The Kier molecular flexibility index (Phi) is 6.72. The summed E-state index contributed by atoms with van der Waals surface area (Å²) in [6.07, 6.45) is 4.93. The van der Waals surface area contributed by atoms with Crippen LogP contribution in [0.15, 0.2) is 24.4 Å². The molecule has 1 aliphatic rings. The minimum Gasteiger partial charge on any atom is -0.356 e. The van der Waals surface area contributed by atoms with Crippen LogP contribution >= 0.6 is 0 Å². The van der Waals surface area contributed by atoms with Crippen molar-refractivity contribution in [1.82, 2.24) is 10.3 Å². The van der Waals surface area contributed by atoms with E-state index >= 15 is 0 Å². The van der Waals surface area contributed by atoms with Crippen LogP contribution in [-0.2, 0) is 19.4 Å². The van der Waals surface area contributed by atoms with Crippen molar-refractivity contribution in [1.29, 1.82) is 0 Å². The summed E-state index contributed by atoms with van der Waals surface area (Å²) in [4.78, 5) is 27.4. The second-order valence-corrected chi connectivity index (χ2v) is 8.29. The molecule has 7 nitrogen and oxygen atoms in total. The molecule has 2 rings (SSSR count). The van der Waals surface area contributed by atoms with Crippen LogP contribution in [0.1, 0.15) is 38.5 Å². The minimum atomic E-state index is -3.19. The van der Waals surface area contributed by atoms with Crippen LogP contribution in [0.4, 0.5) is 5.82 Å². The van der Waals surface area contributed by atoms with Crippen LogP contribution < -0.4 is 10.6 Å². The molecule has 1 aliphatic carbocycles. The number of sulfone groups is 1. The molecule has 0 radical (unpaired) electrons. The van der Waals surface area contributed by atoms with E-state index in [-0.39, 0.29) is 42.2 Å². The van der Waals surface area contributed by atoms with Crippen molar-refractivity contribution in [3.8, 4) is 0 Å². The maximum Gasteiger partial charge on any atom is 0.227 e. The summed E-state index contributed by atoms with van der Waals surface area (Å²) in [6, 6.07) is 5.18. The van der Waals surface area contributed by atoms with Crippen molar-refractivity contribution in [2.24, 2.45) is 0 Å². The predicted molar refractivity (Wildman–Crippen MR) is 91.2 cm³/mol. The Hall–Kier alpha value is -1.96. The number of amides is 2. The normalized spacial score (nSPS) is 15.2. The summed E-state index contributed by atoms with van der Waals surface area (Å²) in [5, 5.41) is 4.91. The van der Waals surface area contributed by atoms with E-state index in [1.54, 1.807) is 24.4 Å². The van der Waals surface area contributed by atoms with Crippen molar-refractivity contribution in [2.75, 3.05) is 17.6 Å². The lowest BCUT2D eigenvalue weighted by Crippen LogP contribution is -2.30. The van der Waals surface area contributed by atoms with Crippen molar-refractivity contribution in [2.45, 2.75) is 43.8 Å². The maximum atomic E-state index is 12.1. The van der Waals surface area contributed by atoms with Gasteiger partial charge in [0.2, 0.25) is 11.8 Å². The average molecular weight is 353 g/mol.